The van der Waals surface area contributed by atoms with Crippen molar-refractivity contribution in [2.45, 2.75) is 51.6 Å². The number of carbonyl (C=O) groups excluding carboxylic acids is 1. The molecule has 0 bridgehead atoms. The second-order valence-corrected chi connectivity index (χ2v) is 6.86. The molecule has 25 heavy (non-hydrogen) atoms. The highest BCUT2D eigenvalue weighted by molar-refractivity contribution is 6.02. The van der Waals surface area contributed by atoms with Gasteiger partial charge in [-0.15, -0.1) is 0 Å². The number of amides is 1. The molecule has 6 nitrogen and oxygen atoms in total. The third kappa shape index (κ3) is 3.04. The summed E-state index contributed by atoms with van der Waals surface area (Å²) in [5, 5.41) is 8.57. The number of hydrogen-bond acceptors (Lipinski definition) is 4. The molecule has 0 atom stereocenters. The summed E-state index contributed by atoms with van der Waals surface area (Å²) in [6, 6.07) is 5.89. The molecular weight excluding hydrogens is 318 g/mol. The van der Waals surface area contributed by atoms with Crippen LogP contribution in [0.4, 0.5) is 0 Å². The minimum atomic E-state index is -0.426. The van der Waals surface area contributed by atoms with E-state index in [1.807, 2.05) is 19.1 Å². The van der Waals surface area contributed by atoms with Crippen LogP contribution in [0, 0.1) is 6.92 Å². The lowest BCUT2D eigenvalue weighted by Gasteiger charge is -2.22. The minimum Gasteiger partial charge on any atom is -0.422 e. The molecule has 1 aliphatic carbocycles. The fourth-order valence-electron chi connectivity index (χ4n) is 3.67. The van der Waals surface area contributed by atoms with Crippen molar-refractivity contribution in [3.8, 4) is 0 Å². The molecule has 0 saturated heterocycles. The summed E-state index contributed by atoms with van der Waals surface area (Å²) in [7, 11) is 0. The van der Waals surface area contributed by atoms with Crippen molar-refractivity contribution in [1.29, 1.82) is 0 Å². The smallest absolute Gasteiger partial charge is 0.347 e. The highest BCUT2D eigenvalue weighted by Gasteiger charge is 2.18. The maximum absolute atomic E-state index is 12.4. The fraction of sp³-hybridized carbons (Fsp3) is 0.421. The number of aryl methyl sites for hydroxylation is 1. The van der Waals surface area contributed by atoms with Crippen LogP contribution < -0.4 is 10.9 Å². The molecule has 1 saturated carbocycles. The number of fused-ring (bicyclic) bond motifs is 3. The molecule has 1 fully saturated rings. The van der Waals surface area contributed by atoms with E-state index in [1.54, 1.807) is 10.7 Å². The average Bonchev–Trinajstić information content (AvgIpc) is 3.01. The molecule has 0 spiro atoms. The van der Waals surface area contributed by atoms with Crippen LogP contribution in [0.3, 0.4) is 0 Å². The average molecular weight is 339 g/mol. The normalized spacial score (nSPS) is 15.7. The van der Waals surface area contributed by atoms with E-state index in [0.717, 1.165) is 23.8 Å². The van der Waals surface area contributed by atoms with Gasteiger partial charge in [-0.2, -0.15) is 5.10 Å². The Balaban J connectivity index is 1.69. The van der Waals surface area contributed by atoms with Gasteiger partial charge in [-0.05, 0) is 31.9 Å². The predicted molar refractivity (Wildman–Crippen MR) is 95.5 cm³/mol. The number of nitrogens with zero attached hydrogens (tertiary/aromatic N) is 2. The quantitative estimate of drug-likeness (QED) is 0.744. The van der Waals surface area contributed by atoms with E-state index in [9.17, 15) is 9.59 Å². The van der Waals surface area contributed by atoms with Gasteiger partial charge in [-0.3, -0.25) is 9.48 Å². The summed E-state index contributed by atoms with van der Waals surface area (Å²) in [4.78, 5) is 24.6. The molecule has 4 rings (SSSR count). The molecular formula is C19H21N3O3. The second kappa shape index (κ2) is 6.35. The van der Waals surface area contributed by atoms with E-state index < -0.39 is 5.63 Å². The number of rotatable bonds is 3. The molecule has 1 aliphatic rings. The summed E-state index contributed by atoms with van der Waals surface area (Å²) in [5.41, 5.74) is 1.80. The van der Waals surface area contributed by atoms with Gasteiger partial charge in [0.25, 0.3) is 0 Å². The van der Waals surface area contributed by atoms with Crippen LogP contribution in [-0.2, 0) is 11.3 Å². The molecule has 0 aliphatic heterocycles. The van der Waals surface area contributed by atoms with Gasteiger partial charge in [0.2, 0.25) is 5.91 Å². The molecule has 130 valence electrons. The topological polar surface area (TPSA) is 77.1 Å². The van der Waals surface area contributed by atoms with Gasteiger partial charge in [0.1, 0.15) is 17.5 Å². The van der Waals surface area contributed by atoms with Gasteiger partial charge < -0.3 is 9.73 Å². The van der Waals surface area contributed by atoms with E-state index in [-0.39, 0.29) is 18.5 Å². The van der Waals surface area contributed by atoms with Gasteiger partial charge in [0, 0.05) is 11.4 Å². The Morgan fingerprint density at radius 1 is 1.28 bits per heavy atom. The minimum absolute atomic E-state index is 0.0639. The lowest BCUT2D eigenvalue weighted by Crippen LogP contribution is -2.38. The van der Waals surface area contributed by atoms with Gasteiger partial charge in [-0.25, -0.2) is 4.79 Å². The molecule has 1 N–H and O–H groups in total. The predicted octanol–water partition coefficient (Wildman–Crippen LogP) is 2.90. The van der Waals surface area contributed by atoms with Crippen molar-refractivity contribution in [3.63, 3.8) is 0 Å². The maximum atomic E-state index is 12.4. The summed E-state index contributed by atoms with van der Waals surface area (Å²) < 4.78 is 6.96. The first-order chi connectivity index (χ1) is 12.1. The molecule has 2 aromatic heterocycles. The van der Waals surface area contributed by atoms with Gasteiger partial charge in [0.15, 0.2) is 0 Å². The number of nitrogens with one attached hydrogen (secondary N) is 1. The molecule has 3 aromatic rings. The Bertz CT molecular complexity index is 996. The second-order valence-electron chi connectivity index (χ2n) is 6.86. The summed E-state index contributed by atoms with van der Waals surface area (Å²) in [5.74, 6) is -0.0639. The van der Waals surface area contributed by atoms with Crippen LogP contribution in [-0.4, -0.2) is 21.7 Å². The number of aromatic nitrogens is 2. The molecule has 1 aromatic carbocycles. The molecule has 1 amide bonds. The molecule has 2 heterocycles. The first-order valence-corrected chi connectivity index (χ1v) is 8.80. The van der Waals surface area contributed by atoms with Crippen molar-refractivity contribution < 1.29 is 9.21 Å². The Hall–Kier alpha value is -2.63. The van der Waals surface area contributed by atoms with Crippen molar-refractivity contribution in [3.05, 3.63) is 40.4 Å². The number of hydrogen-bond donors (Lipinski definition) is 1. The number of benzene rings is 1. The van der Waals surface area contributed by atoms with Crippen LogP contribution in [0.1, 0.15) is 37.7 Å². The summed E-state index contributed by atoms with van der Waals surface area (Å²) in [6.07, 6.45) is 7.14. The zero-order valence-electron chi connectivity index (χ0n) is 14.2. The largest absolute Gasteiger partial charge is 0.422 e. The third-order valence-electron chi connectivity index (χ3n) is 4.92. The highest BCUT2D eigenvalue weighted by atomic mass is 16.4. The van der Waals surface area contributed by atoms with E-state index in [0.29, 0.717) is 16.5 Å². The molecule has 0 radical (unpaired) electrons. The van der Waals surface area contributed by atoms with Crippen molar-refractivity contribution in [2.75, 3.05) is 0 Å². The van der Waals surface area contributed by atoms with E-state index >= 15 is 0 Å². The van der Waals surface area contributed by atoms with Crippen molar-refractivity contribution in [1.82, 2.24) is 15.1 Å². The fourth-order valence-corrected chi connectivity index (χ4v) is 3.67. The van der Waals surface area contributed by atoms with E-state index in [1.165, 1.54) is 25.5 Å². The zero-order valence-corrected chi connectivity index (χ0v) is 14.2. The van der Waals surface area contributed by atoms with E-state index in [2.05, 4.69) is 10.4 Å². The first-order valence-electron chi connectivity index (χ1n) is 8.80. The van der Waals surface area contributed by atoms with Gasteiger partial charge in [0.05, 0.1) is 11.7 Å². The van der Waals surface area contributed by atoms with Crippen LogP contribution in [0.5, 0.6) is 0 Å². The van der Waals surface area contributed by atoms with E-state index in [4.69, 9.17) is 4.42 Å². The Morgan fingerprint density at radius 3 is 2.88 bits per heavy atom. The van der Waals surface area contributed by atoms with Crippen molar-refractivity contribution in [2.24, 2.45) is 0 Å². The van der Waals surface area contributed by atoms with Crippen molar-refractivity contribution >= 4 is 27.8 Å². The first kappa shape index (κ1) is 15.9. The lowest BCUT2D eigenvalue weighted by molar-refractivity contribution is -0.122. The Labute approximate surface area is 144 Å². The monoisotopic (exact) mass is 339 g/mol. The summed E-state index contributed by atoms with van der Waals surface area (Å²) >= 11 is 0. The summed E-state index contributed by atoms with van der Waals surface area (Å²) in [6.45, 7) is 2.08. The Kier molecular flexibility index (Phi) is 4.03. The third-order valence-corrected chi connectivity index (χ3v) is 4.92. The van der Waals surface area contributed by atoms with Crippen LogP contribution in [0.15, 0.2) is 33.6 Å². The molecule has 0 unspecified atom stereocenters. The Morgan fingerprint density at radius 2 is 2.08 bits per heavy atom. The highest BCUT2D eigenvalue weighted by Crippen LogP contribution is 2.24. The lowest BCUT2D eigenvalue weighted by atomic mass is 9.95. The maximum Gasteiger partial charge on any atom is 0.347 e. The zero-order chi connectivity index (χ0) is 17.4. The molecule has 6 heteroatoms. The van der Waals surface area contributed by atoms with Gasteiger partial charge >= 0.3 is 5.63 Å². The number of carbonyl (C=O) groups is 1. The van der Waals surface area contributed by atoms with Crippen LogP contribution in [0.25, 0.3) is 21.9 Å². The van der Waals surface area contributed by atoms with Gasteiger partial charge in [-0.1, -0.05) is 30.9 Å². The van der Waals surface area contributed by atoms with Crippen LogP contribution >= 0.6 is 0 Å². The standard InChI is InChI=1S/C19H21N3O3/c1-12-7-8-16-14(9-12)18-15(19(24)25-16)10-20-22(18)11-17(23)21-13-5-3-2-4-6-13/h7-10,13H,2-6,11H2,1H3,(H,21,23). The van der Waals surface area contributed by atoms with Crippen LogP contribution in [0.2, 0.25) is 0 Å². The SMILES string of the molecule is Cc1ccc2oc(=O)c3cnn(CC(=O)NC4CCCCC4)c3c2c1.